The van der Waals surface area contributed by atoms with E-state index in [1.165, 1.54) is 15.9 Å². The lowest BCUT2D eigenvalue weighted by Gasteiger charge is -2.19. The van der Waals surface area contributed by atoms with Crippen LogP contribution >= 0.6 is 7.92 Å². The molecule has 0 bridgehead atoms. The second kappa shape index (κ2) is 72.2. The van der Waals surface area contributed by atoms with Crippen LogP contribution in [0.1, 0.15) is 0 Å². The van der Waals surface area contributed by atoms with Crippen LogP contribution in [0.4, 0.5) is 0 Å². The first-order chi connectivity index (χ1) is 47.4. The molecular weight excluding hydrogens is 1260 g/mol. The molecule has 0 aliphatic rings. The highest BCUT2D eigenvalue weighted by Crippen LogP contribution is 2.33. The molecule has 0 unspecified atom stereocenters. The third-order valence-electron chi connectivity index (χ3n) is 12.4. The molecule has 0 aliphatic heterocycles. The van der Waals surface area contributed by atoms with Crippen LogP contribution in [0.25, 0.3) is 0 Å². The van der Waals surface area contributed by atoms with E-state index in [-0.39, 0.29) is 6.61 Å². The number of hydrogen-bond donors (Lipinski definition) is 1. The SMILES string of the molecule is OCCOCCOCCOCCOCCOCCOCCOCCOCCOCCOCCOCCOCCOCCOCCOCCOCCOCCOCCOCCOCCOCCOCCOCCOCCOc1ccc(P(c2ccccc2)c2ccccc2)cc1. The summed E-state index contributed by atoms with van der Waals surface area (Å²) >= 11 is 0. The van der Waals surface area contributed by atoms with Crippen LogP contribution in [-0.4, -0.2) is 335 Å². The van der Waals surface area contributed by atoms with Crippen molar-refractivity contribution in [3.05, 3.63) is 84.9 Å². The number of ether oxygens (including phenoxy) is 25. The summed E-state index contributed by atoms with van der Waals surface area (Å²) in [5, 5.41) is 12.5. The Morgan fingerprint density at radius 2 is 0.316 bits per heavy atom. The molecule has 26 nitrogen and oxygen atoms in total. The predicted molar refractivity (Wildman–Crippen MR) is 357 cm³/mol. The van der Waals surface area contributed by atoms with Crippen molar-refractivity contribution < 1.29 is 124 Å². The largest absolute Gasteiger partial charge is 0.491 e. The van der Waals surface area contributed by atoms with Crippen LogP contribution < -0.4 is 20.7 Å². The number of aliphatic hydroxyl groups excluding tert-OH is 1. The Morgan fingerprint density at radius 1 is 0.168 bits per heavy atom. The summed E-state index contributed by atoms with van der Waals surface area (Å²) in [6.45, 7) is 23.6. The van der Waals surface area contributed by atoms with Crippen molar-refractivity contribution in [2.45, 2.75) is 0 Å². The number of benzene rings is 3. The lowest BCUT2D eigenvalue weighted by atomic mass is 10.3. The van der Waals surface area contributed by atoms with Crippen molar-refractivity contribution >= 4 is 23.8 Å². The monoisotopic (exact) mass is 1380 g/mol. The highest BCUT2D eigenvalue weighted by atomic mass is 31.1. The second-order valence-corrected chi connectivity index (χ2v) is 22.0. The molecule has 0 spiro atoms. The smallest absolute Gasteiger partial charge is 0.119 e. The molecule has 1 N–H and O–H groups in total. The number of rotatable bonds is 78. The van der Waals surface area contributed by atoms with Gasteiger partial charge in [0.05, 0.1) is 324 Å². The molecule has 3 aromatic rings. The summed E-state index contributed by atoms with van der Waals surface area (Å²) in [6.07, 6.45) is 0. The normalized spacial score (nSPS) is 11.7. The van der Waals surface area contributed by atoms with Crippen LogP contribution in [-0.2, 0) is 114 Å². The quantitative estimate of drug-likeness (QED) is 0.0629. The Balaban J connectivity index is 0.862. The first kappa shape index (κ1) is 86.1. The topological polar surface area (TPSA) is 251 Å². The summed E-state index contributed by atoms with van der Waals surface area (Å²) in [5.74, 6) is 0.826. The first-order valence-corrected chi connectivity index (χ1v) is 34.8. The molecule has 3 aromatic carbocycles. The van der Waals surface area contributed by atoms with Gasteiger partial charge in [-0.25, -0.2) is 0 Å². The van der Waals surface area contributed by atoms with Gasteiger partial charge in [0.1, 0.15) is 12.4 Å². The summed E-state index contributed by atoms with van der Waals surface area (Å²) < 4.78 is 138. The van der Waals surface area contributed by atoms with Gasteiger partial charge >= 0.3 is 0 Å². The van der Waals surface area contributed by atoms with Gasteiger partial charge < -0.3 is 124 Å². The highest BCUT2D eigenvalue weighted by Gasteiger charge is 2.16. The highest BCUT2D eigenvalue weighted by molar-refractivity contribution is 7.79. The zero-order chi connectivity index (χ0) is 66.8. The van der Waals surface area contributed by atoms with Crippen molar-refractivity contribution in [2.75, 3.05) is 330 Å². The number of hydrogen-bond acceptors (Lipinski definition) is 26. The van der Waals surface area contributed by atoms with Gasteiger partial charge in [-0.05, 0) is 36.0 Å². The summed E-state index contributed by atoms with van der Waals surface area (Å²) in [4.78, 5) is 0. The fourth-order valence-corrected chi connectivity index (χ4v) is 10.0. The Morgan fingerprint density at radius 3 is 0.484 bits per heavy atom. The molecule has 95 heavy (non-hydrogen) atoms. The van der Waals surface area contributed by atoms with E-state index < -0.39 is 7.92 Å². The molecule has 0 fully saturated rings. The molecule has 0 aliphatic carbocycles. The Hall–Kier alpha value is -3.11. The van der Waals surface area contributed by atoms with E-state index in [2.05, 4.69) is 72.8 Å². The van der Waals surface area contributed by atoms with Crippen LogP contribution in [0.15, 0.2) is 84.9 Å². The minimum absolute atomic E-state index is 0.0171. The van der Waals surface area contributed by atoms with Gasteiger partial charge in [-0.15, -0.1) is 0 Å². The standard InChI is InChI=1S/C68H115O26P/c69-15-16-70-17-18-71-19-20-72-21-22-73-23-24-74-25-26-75-27-28-76-29-30-77-31-32-78-33-34-79-35-36-80-37-38-81-39-40-82-41-42-83-43-44-84-45-46-85-47-48-86-49-50-87-51-52-88-53-54-89-55-56-90-57-58-91-59-60-92-61-62-93-63-64-94-65-11-13-68(14-12-65)95(66-7-3-1-4-8-66)67-9-5-2-6-10-67/h1-14,69H,15-64H2. The summed E-state index contributed by atoms with van der Waals surface area (Å²) in [7, 11) is -0.640. The van der Waals surface area contributed by atoms with Gasteiger partial charge in [0, 0.05) is 0 Å². The third-order valence-corrected chi connectivity index (χ3v) is 14.9. The Labute approximate surface area is 566 Å². The second-order valence-electron chi connectivity index (χ2n) is 19.8. The van der Waals surface area contributed by atoms with Gasteiger partial charge in [-0.3, -0.25) is 0 Å². The van der Waals surface area contributed by atoms with Crippen LogP contribution in [0, 0.1) is 0 Å². The van der Waals surface area contributed by atoms with Gasteiger partial charge in [0.2, 0.25) is 0 Å². The van der Waals surface area contributed by atoms with Gasteiger partial charge in [0.25, 0.3) is 0 Å². The minimum atomic E-state index is -0.640. The van der Waals surface area contributed by atoms with E-state index in [1.54, 1.807) is 0 Å². The average Bonchev–Trinajstić information content (AvgIpc) is 1.95. The maximum atomic E-state index is 8.62. The van der Waals surface area contributed by atoms with Crippen LogP contribution in [0.5, 0.6) is 5.75 Å². The van der Waals surface area contributed by atoms with Gasteiger partial charge in [0.15, 0.2) is 0 Å². The van der Waals surface area contributed by atoms with Crippen molar-refractivity contribution in [1.82, 2.24) is 0 Å². The fourth-order valence-electron chi connectivity index (χ4n) is 7.74. The molecule has 0 heterocycles. The third kappa shape index (κ3) is 58.4. The molecule has 0 amide bonds. The molecule has 0 atom stereocenters. The molecule has 0 aromatic heterocycles. The molecular formula is C68H115O26P. The van der Waals surface area contributed by atoms with Crippen molar-refractivity contribution in [1.29, 1.82) is 0 Å². The zero-order valence-corrected chi connectivity index (χ0v) is 57.4. The van der Waals surface area contributed by atoms with E-state index in [0.29, 0.717) is 324 Å². The molecule has 0 saturated heterocycles. The van der Waals surface area contributed by atoms with Gasteiger partial charge in [-0.2, -0.15) is 0 Å². The molecule has 0 saturated carbocycles. The summed E-state index contributed by atoms with van der Waals surface area (Å²) in [5.41, 5.74) is 0. The van der Waals surface area contributed by atoms with Crippen LogP contribution in [0.3, 0.4) is 0 Å². The Kier molecular flexibility index (Phi) is 65.4. The first-order valence-electron chi connectivity index (χ1n) is 33.5. The maximum Gasteiger partial charge on any atom is 0.119 e. The minimum Gasteiger partial charge on any atom is -0.491 e. The number of aliphatic hydroxyl groups is 1. The zero-order valence-electron chi connectivity index (χ0n) is 56.5. The van der Waals surface area contributed by atoms with Crippen molar-refractivity contribution in [3.63, 3.8) is 0 Å². The average molecular weight is 1380 g/mol. The van der Waals surface area contributed by atoms with E-state index in [0.717, 1.165) is 5.75 Å². The van der Waals surface area contributed by atoms with E-state index >= 15 is 0 Å². The lowest BCUT2D eigenvalue weighted by molar-refractivity contribution is -0.0320. The van der Waals surface area contributed by atoms with Crippen LogP contribution in [0.2, 0.25) is 0 Å². The molecule has 3 rings (SSSR count). The van der Waals surface area contributed by atoms with Crippen molar-refractivity contribution in [2.24, 2.45) is 0 Å². The molecule has 27 heteroatoms. The predicted octanol–water partition coefficient (Wildman–Crippen LogP) is 3.21. The molecule has 0 radical (unpaired) electrons. The fraction of sp³-hybridized carbons (Fsp3) is 0.735. The lowest BCUT2D eigenvalue weighted by Crippen LogP contribution is -2.20. The maximum absolute atomic E-state index is 8.62. The van der Waals surface area contributed by atoms with Crippen molar-refractivity contribution in [3.8, 4) is 5.75 Å². The molecule has 548 valence electrons. The van der Waals surface area contributed by atoms with E-state index in [1.807, 2.05) is 12.1 Å². The summed E-state index contributed by atoms with van der Waals surface area (Å²) in [6, 6.07) is 29.7. The van der Waals surface area contributed by atoms with Gasteiger partial charge in [-0.1, -0.05) is 72.8 Å². The van der Waals surface area contributed by atoms with E-state index in [9.17, 15) is 0 Å². The Bertz CT molecular complexity index is 1910. The van der Waals surface area contributed by atoms with E-state index in [4.69, 9.17) is 124 Å².